The van der Waals surface area contributed by atoms with Crippen LogP contribution in [0.2, 0.25) is 0 Å². The Morgan fingerprint density at radius 2 is 1.12 bits per heavy atom. The van der Waals surface area contributed by atoms with Crippen molar-refractivity contribution in [2.24, 2.45) is 0 Å². The third kappa shape index (κ3) is 5.01. The summed E-state index contributed by atoms with van der Waals surface area (Å²) in [6.45, 7) is 6.89. The fourth-order valence-electron chi connectivity index (χ4n) is 3.05. The SMILES string of the molecule is CN1CCN(NC(=O)c2cccc(C(=O)NN3CCN(C)CC3)c2)CC1. The third-order valence-electron chi connectivity index (χ3n) is 4.91. The van der Waals surface area contributed by atoms with E-state index in [1.165, 1.54) is 0 Å². The van der Waals surface area contributed by atoms with E-state index in [2.05, 4.69) is 34.7 Å². The minimum absolute atomic E-state index is 0.177. The van der Waals surface area contributed by atoms with Crippen LogP contribution < -0.4 is 10.9 Å². The molecule has 1 aromatic carbocycles. The van der Waals surface area contributed by atoms with Crippen molar-refractivity contribution in [1.29, 1.82) is 0 Å². The molecule has 0 atom stereocenters. The lowest BCUT2D eigenvalue weighted by atomic mass is 10.1. The highest BCUT2D eigenvalue weighted by molar-refractivity contribution is 5.99. The van der Waals surface area contributed by atoms with Gasteiger partial charge in [-0.2, -0.15) is 0 Å². The molecule has 2 N–H and O–H groups in total. The molecule has 2 amide bonds. The molecule has 26 heavy (non-hydrogen) atoms. The maximum atomic E-state index is 12.5. The minimum Gasteiger partial charge on any atom is -0.304 e. The van der Waals surface area contributed by atoms with E-state index in [9.17, 15) is 9.59 Å². The molecule has 2 saturated heterocycles. The Morgan fingerprint density at radius 3 is 1.50 bits per heavy atom. The second-order valence-corrected chi connectivity index (χ2v) is 7.04. The summed E-state index contributed by atoms with van der Waals surface area (Å²) in [5.41, 5.74) is 6.85. The number of likely N-dealkylation sites (N-methyl/N-ethyl adjacent to an activating group) is 2. The zero-order valence-corrected chi connectivity index (χ0v) is 15.6. The number of carbonyl (C=O) groups is 2. The molecule has 2 aliphatic rings. The van der Waals surface area contributed by atoms with Gasteiger partial charge >= 0.3 is 0 Å². The first-order valence-corrected chi connectivity index (χ1v) is 9.10. The van der Waals surface area contributed by atoms with Crippen molar-refractivity contribution < 1.29 is 9.59 Å². The lowest BCUT2D eigenvalue weighted by Crippen LogP contribution is -2.52. The maximum Gasteiger partial charge on any atom is 0.265 e. The summed E-state index contributed by atoms with van der Waals surface area (Å²) in [4.78, 5) is 29.4. The summed E-state index contributed by atoms with van der Waals surface area (Å²) in [6, 6.07) is 6.87. The van der Waals surface area contributed by atoms with Crippen molar-refractivity contribution in [2.75, 3.05) is 66.5 Å². The number of nitrogens with zero attached hydrogens (tertiary/aromatic N) is 4. The van der Waals surface area contributed by atoms with Crippen molar-refractivity contribution in [1.82, 2.24) is 30.7 Å². The van der Waals surface area contributed by atoms with Gasteiger partial charge < -0.3 is 9.80 Å². The van der Waals surface area contributed by atoms with Gasteiger partial charge in [-0.25, -0.2) is 10.0 Å². The van der Waals surface area contributed by atoms with Crippen LogP contribution in [0.25, 0.3) is 0 Å². The van der Waals surface area contributed by atoms with Crippen LogP contribution in [0.4, 0.5) is 0 Å². The largest absolute Gasteiger partial charge is 0.304 e. The Labute approximate surface area is 154 Å². The molecule has 1 aromatic rings. The Morgan fingerprint density at radius 1 is 0.731 bits per heavy atom. The number of piperazine rings is 2. The topological polar surface area (TPSA) is 71.2 Å². The molecule has 2 heterocycles. The first kappa shape index (κ1) is 18.8. The molecule has 3 rings (SSSR count). The number of nitrogens with one attached hydrogen (secondary N) is 2. The summed E-state index contributed by atoms with van der Waals surface area (Å²) < 4.78 is 0. The summed E-state index contributed by atoms with van der Waals surface area (Å²) in [6.07, 6.45) is 0. The van der Waals surface area contributed by atoms with Crippen molar-refractivity contribution in [2.45, 2.75) is 0 Å². The zero-order valence-electron chi connectivity index (χ0n) is 15.6. The highest BCUT2D eigenvalue weighted by atomic mass is 16.2. The maximum absolute atomic E-state index is 12.5. The molecule has 2 aliphatic heterocycles. The number of hydrazine groups is 2. The summed E-state index contributed by atoms with van der Waals surface area (Å²) in [7, 11) is 4.14. The highest BCUT2D eigenvalue weighted by Gasteiger charge is 2.19. The Bertz CT molecular complexity index is 585. The van der Waals surface area contributed by atoms with Gasteiger partial charge in [-0.3, -0.25) is 20.4 Å². The van der Waals surface area contributed by atoms with E-state index in [-0.39, 0.29) is 11.8 Å². The predicted molar refractivity (Wildman–Crippen MR) is 99.5 cm³/mol. The number of benzene rings is 1. The Kier molecular flexibility index (Phi) is 6.20. The molecule has 0 unspecified atom stereocenters. The summed E-state index contributed by atoms with van der Waals surface area (Å²) in [5.74, 6) is -0.354. The first-order chi connectivity index (χ1) is 12.5. The van der Waals surface area contributed by atoms with E-state index in [4.69, 9.17) is 0 Å². The van der Waals surface area contributed by atoms with Crippen LogP contribution in [0.1, 0.15) is 20.7 Å². The number of rotatable bonds is 4. The van der Waals surface area contributed by atoms with E-state index in [1.54, 1.807) is 24.3 Å². The second kappa shape index (κ2) is 8.59. The van der Waals surface area contributed by atoms with Crippen LogP contribution >= 0.6 is 0 Å². The van der Waals surface area contributed by atoms with E-state index in [1.807, 2.05) is 10.0 Å². The lowest BCUT2D eigenvalue weighted by molar-refractivity contribution is 0.0661. The van der Waals surface area contributed by atoms with Crippen LogP contribution in [-0.2, 0) is 0 Å². The van der Waals surface area contributed by atoms with Crippen LogP contribution in [0, 0.1) is 0 Å². The van der Waals surface area contributed by atoms with Crippen LogP contribution in [-0.4, -0.2) is 98.1 Å². The number of carbonyl (C=O) groups excluding carboxylic acids is 2. The number of hydrogen-bond acceptors (Lipinski definition) is 6. The molecule has 2 fully saturated rings. The standard InChI is InChI=1S/C18H28N6O2/c1-21-6-10-23(11-7-21)19-17(25)15-4-3-5-16(14-15)18(26)20-24-12-8-22(2)9-13-24/h3-5,14H,6-13H2,1-2H3,(H,19,25)(H,20,26). The van der Waals surface area contributed by atoms with Crippen molar-refractivity contribution in [3.05, 3.63) is 35.4 Å². The van der Waals surface area contributed by atoms with Gasteiger partial charge in [0.25, 0.3) is 11.8 Å². The van der Waals surface area contributed by atoms with Gasteiger partial charge in [0.15, 0.2) is 0 Å². The average Bonchev–Trinajstić information content (AvgIpc) is 2.65. The predicted octanol–water partition coefficient (Wildman–Crippen LogP) is -0.529. The number of hydrogen-bond donors (Lipinski definition) is 2. The monoisotopic (exact) mass is 360 g/mol. The highest BCUT2D eigenvalue weighted by Crippen LogP contribution is 2.07. The minimum atomic E-state index is -0.177. The molecule has 0 radical (unpaired) electrons. The molecule has 8 heteroatoms. The molecule has 142 valence electrons. The molecule has 8 nitrogen and oxygen atoms in total. The summed E-state index contributed by atoms with van der Waals surface area (Å²) >= 11 is 0. The second-order valence-electron chi connectivity index (χ2n) is 7.04. The molecule has 0 aromatic heterocycles. The van der Waals surface area contributed by atoms with Gasteiger partial charge in [-0.1, -0.05) is 6.07 Å². The van der Waals surface area contributed by atoms with Crippen molar-refractivity contribution in [3.63, 3.8) is 0 Å². The number of amides is 2. The van der Waals surface area contributed by atoms with Crippen LogP contribution in [0.3, 0.4) is 0 Å². The van der Waals surface area contributed by atoms with Gasteiger partial charge in [-0.15, -0.1) is 0 Å². The quantitative estimate of drug-likeness (QED) is 0.752. The van der Waals surface area contributed by atoms with Gasteiger partial charge in [0.1, 0.15) is 0 Å². The molecular weight excluding hydrogens is 332 g/mol. The van der Waals surface area contributed by atoms with Crippen LogP contribution in [0.5, 0.6) is 0 Å². The molecule has 0 spiro atoms. The van der Waals surface area contributed by atoms with Crippen molar-refractivity contribution in [3.8, 4) is 0 Å². The van der Waals surface area contributed by atoms with E-state index in [0.29, 0.717) is 11.1 Å². The summed E-state index contributed by atoms with van der Waals surface area (Å²) in [5, 5.41) is 3.86. The molecule has 0 saturated carbocycles. The molecule has 0 bridgehead atoms. The van der Waals surface area contributed by atoms with Crippen LogP contribution in [0.15, 0.2) is 24.3 Å². The van der Waals surface area contributed by atoms with Gasteiger partial charge in [0.05, 0.1) is 0 Å². The van der Waals surface area contributed by atoms with E-state index < -0.39 is 0 Å². The Hall–Kier alpha value is -2.00. The normalized spacial score (nSPS) is 20.7. The fraction of sp³-hybridized carbons (Fsp3) is 0.556. The first-order valence-electron chi connectivity index (χ1n) is 9.10. The van der Waals surface area contributed by atoms with E-state index in [0.717, 1.165) is 52.4 Å². The van der Waals surface area contributed by atoms with Gasteiger partial charge in [0, 0.05) is 63.5 Å². The van der Waals surface area contributed by atoms with Gasteiger partial charge in [-0.05, 0) is 32.3 Å². The Balaban J connectivity index is 1.56. The fourth-order valence-corrected chi connectivity index (χ4v) is 3.05. The smallest absolute Gasteiger partial charge is 0.265 e. The van der Waals surface area contributed by atoms with Gasteiger partial charge in [0.2, 0.25) is 0 Å². The van der Waals surface area contributed by atoms with Crippen molar-refractivity contribution >= 4 is 11.8 Å². The van der Waals surface area contributed by atoms with E-state index >= 15 is 0 Å². The third-order valence-corrected chi connectivity index (χ3v) is 4.91. The average molecular weight is 360 g/mol. The zero-order chi connectivity index (χ0) is 18.5. The molecular formula is C18H28N6O2. The lowest BCUT2D eigenvalue weighted by Gasteiger charge is -2.32. The molecule has 0 aliphatic carbocycles.